The molecule has 126 valence electrons. The van der Waals surface area contributed by atoms with Gasteiger partial charge in [-0.1, -0.05) is 29.8 Å². The van der Waals surface area contributed by atoms with E-state index in [0.717, 1.165) is 5.56 Å². The van der Waals surface area contributed by atoms with Crippen LogP contribution in [0, 0.1) is 10.1 Å². The van der Waals surface area contributed by atoms with Gasteiger partial charge in [-0.15, -0.1) is 0 Å². The van der Waals surface area contributed by atoms with Crippen molar-refractivity contribution in [1.82, 2.24) is 4.98 Å². The van der Waals surface area contributed by atoms with E-state index in [1.54, 1.807) is 30.3 Å². The zero-order valence-electron chi connectivity index (χ0n) is 13.0. The van der Waals surface area contributed by atoms with E-state index in [1.165, 1.54) is 18.3 Å². The van der Waals surface area contributed by atoms with Crippen molar-refractivity contribution in [2.45, 2.75) is 6.61 Å². The highest BCUT2D eigenvalue weighted by molar-refractivity contribution is 6.31. The molecular formula is C18H13ClN2O4. The molecule has 0 N–H and O–H groups in total. The summed E-state index contributed by atoms with van der Waals surface area (Å²) in [5.41, 5.74) is 0.690. The third-order valence-electron chi connectivity index (χ3n) is 3.34. The van der Waals surface area contributed by atoms with E-state index in [4.69, 9.17) is 21.1 Å². The molecule has 0 unspecified atom stereocenters. The Labute approximate surface area is 148 Å². The fraction of sp³-hybridized carbons (Fsp3) is 0.0556. The van der Waals surface area contributed by atoms with Crippen LogP contribution in [0.3, 0.4) is 0 Å². The van der Waals surface area contributed by atoms with E-state index in [0.29, 0.717) is 23.1 Å². The van der Waals surface area contributed by atoms with Crippen molar-refractivity contribution in [1.29, 1.82) is 0 Å². The Morgan fingerprint density at radius 1 is 1.00 bits per heavy atom. The van der Waals surface area contributed by atoms with Crippen LogP contribution in [0.4, 0.5) is 5.69 Å². The Kier molecular flexibility index (Phi) is 5.11. The zero-order valence-corrected chi connectivity index (χ0v) is 13.7. The predicted octanol–water partition coefficient (Wildman–Crippen LogP) is 5.01. The van der Waals surface area contributed by atoms with Crippen molar-refractivity contribution in [3.63, 3.8) is 0 Å². The Morgan fingerprint density at radius 3 is 2.44 bits per heavy atom. The fourth-order valence-electron chi connectivity index (χ4n) is 2.09. The first-order valence-electron chi connectivity index (χ1n) is 7.37. The molecule has 3 rings (SSSR count). The van der Waals surface area contributed by atoms with Crippen LogP contribution >= 0.6 is 11.6 Å². The lowest BCUT2D eigenvalue weighted by atomic mass is 10.2. The standard InChI is InChI=1S/C18H13ClN2O4/c19-16-5-2-1-4-13(16)12-24-14-7-9-15(10-8-14)25-18-17(21(22)23)6-3-11-20-18/h1-11H,12H2. The van der Waals surface area contributed by atoms with Gasteiger partial charge in [0.1, 0.15) is 18.1 Å². The van der Waals surface area contributed by atoms with E-state index in [2.05, 4.69) is 4.98 Å². The minimum atomic E-state index is -0.538. The van der Waals surface area contributed by atoms with Crippen LogP contribution in [-0.4, -0.2) is 9.91 Å². The van der Waals surface area contributed by atoms with Gasteiger partial charge in [0.05, 0.1) is 4.92 Å². The maximum atomic E-state index is 11.0. The second-order valence-electron chi connectivity index (χ2n) is 5.04. The average Bonchev–Trinajstić information content (AvgIpc) is 2.62. The molecule has 0 spiro atoms. The number of benzene rings is 2. The normalized spacial score (nSPS) is 10.3. The highest BCUT2D eigenvalue weighted by atomic mass is 35.5. The van der Waals surface area contributed by atoms with Gasteiger partial charge in [0.15, 0.2) is 0 Å². The molecule has 0 radical (unpaired) electrons. The molecule has 25 heavy (non-hydrogen) atoms. The molecule has 7 heteroatoms. The molecule has 0 aliphatic carbocycles. The summed E-state index contributed by atoms with van der Waals surface area (Å²) in [6.45, 7) is 0.339. The molecule has 1 heterocycles. The molecule has 0 saturated heterocycles. The van der Waals surface area contributed by atoms with E-state index in [1.807, 2.05) is 18.2 Å². The van der Waals surface area contributed by atoms with Crippen LogP contribution in [0.5, 0.6) is 17.4 Å². The predicted molar refractivity (Wildman–Crippen MR) is 93.2 cm³/mol. The molecule has 0 fully saturated rings. The zero-order chi connectivity index (χ0) is 17.6. The fourth-order valence-corrected chi connectivity index (χ4v) is 2.28. The summed E-state index contributed by atoms with van der Waals surface area (Å²) in [6, 6.07) is 17.0. The monoisotopic (exact) mass is 356 g/mol. The number of hydrogen-bond donors (Lipinski definition) is 0. The van der Waals surface area contributed by atoms with Gasteiger partial charge in [-0.3, -0.25) is 10.1 Å². The van der Waals surface area contributed by atoms with Gasteiger partial charge >= 0.3 is 5.69 Å². The van der Waals surface area contributed by atoms with Crippen molar-refractivity contribution in [2.75, 3.05) is 0 Å². The van der Waals surface area contributed by atoms with Crippen molar-refractivity contribution in [3.8, 4) is 17.4 Å². The number of hydrogen-bond acceptors (Lipinski definition) is 5. The topological polar surface area (TPSA) is 74.5 Å². The smallest absolute Gasteiger partial charge is 0.331 e. The quantitative estimate of drug-likeness (QED) is 0.458. The highest BCUT2D eigenvalue weighted by Crippen LogP contribution is 2.29. The molecule has 2 aromatic carbocycles. The maximum Gasteiger partial charge on any atom is 0.331 e. The Hall–Kier alpha value is -3.12. The molecule has 0 atom stereocenters. The number of pyridine rings is 1. The van der Waals surface area contributed by atoms with Gasteiger partial charge in [0, 0.05) is 22.8 Å². The van der Waals surface area contributed by atoms with Crippen LogP contribution in [0.15, 0.2) is 66.9 Å². The highest BCUT2D eigenvalue weighted by Gasteiger charge is 2.16. The van der Waals surface area contributed by atoms with Crippen molar-refractivity contribution in [3.05, 3.63) is 87.6 Å². The van der Waals surface area contributed by atoms with Crippen molar-refractivity contribution >= 4 is 17.3 Å². The number of nitro groups is 1. The maximum absolute atomic E-state index is 11.0. The van der Waals surface area contributed by atoms with Gasteiger partial charge in [0.2, 0.25) is 0 Å². The summed E-state index contributed by atoms with van der Waals surface area (Å²) in [4.78, 5) is 14.3. The van der Waals surface area contributed by atoms with Gasteiger partial charge < -0.3 is 9.47 Å². The number of aromatic nitrogens is 1. The molecule has 0 aliphatic rings. The van der Waals surface area contributed by atoms with E-state index < -0.39 is 4.92 Å². The number of rotatable bonds is 6. The molecule has 1 aromatic heterocycles. The van der Waals surface area contributed by atoms with Gasteiger partial charge in [-0.25, -0.2) is 4.98 Å². The molecule has 0 saturated carbocycles. The largest absolute Gasteiger partial charge is 0.489 e. The van der Waals surface area contributed by atoms with Crippen LogP contribution < -0.4 is 9.47 Å². The summed E-state index contributed by atoms with van der Waals surface area (Å²) in [5, 5.41) is 11.6. The Balaban J connectivity index is 1.67. The number of halogens is 1. The van der Waals surface area contributed by atoms with Gasteiger partial charge in [0.25, 0.3) is 5.88 Å². The van der Waals surface area contributed by atoms with E-state index in [-0.39, 0.29) is 11.6 Å². The van der Waals surface area contributed by atoms with Crippen molar-refractivity contribution in [2.24, 2.45) is 0 Å². The lowest BCUT2D eigenvalue weighted by Gasteiger charge is -2.09. The number of nitrogens with zero attached hydrogens (tertiary/aromatic N) is 2. The summed E-state index contributed by atoms with van der Waals surface area (Å²) < 4.78 is 11.2. The summed E-state index contributed by atoms with van der Waals surface area (Å²) in [5.74, 6) is 0.993. The second-order valence-corrected chi connectivity index (χ2v) is 5.45. The SMILES string of the molecule is O=[N+]([O-])c1cccnc1Oc1ccc(OCc2ccccc2Cl)cc1. The molecule has 0 bridgehead atoms. The van der Waals surface area contributed by atoms with E-state index >= 15 is 0 Å². The summed E-state index contributed by atoms with van der Waals surface area (Å²) in [7, 11) is 0. The first kappa shape index (κ1) is 16.7. The van der Waals surface area contributed by atoms with Crippen LogP contribution in [0.25, 0.3) is 0 Å². The Morgan fingerprint density at radius 2 is 1.72 bits per heavy atom. The van der Waals surface area contributed by atoms with Crippen LogP contribution in [-0.2, 0) is 6.61 Å². The first-order valence-corrected chi connectivity index (χ1v) is 7.75. The minimum Gasteiger partial charge on any atom is -0.489 e. The molecule has 3 aromatic rings. The third kappa shape index (κ3) is 4.24. The number of ether oxygens (including phenoxy) is 2. The van der Waals surface area contributed by atoms with Crippen LogP contribution in [0.2, 0.25) is 5.02 Å². The first-order chi connectivity index (χ1) is 12.1. The molecular weight excluding hydrogens is 344 g/mol. The molecule has 0 aliphatic heterocycles. The summed E-state index contributed by atoms with van der Waals surface area (Å²) >= 11 is 6.08. The van der Waals surface area contributed by atoms with Gasteiger partial charge in [-0.05, 0) is 36.4 Å². The molecule has 0 amide bonds. The Bertz CT molecular complexity index is 884. The average molecular weight is 357 g/mol. The molecule has 6 nitrogen and oxygen atoms in total. The minimum absolute atomic E-state index is 0.0581. The van der Waals surface area contributed by atoms with Gasteiger partial charge in [-0.2, -0.15) is 0 Å². The second kappa shape index (κ2) is 7.63. The summed E-state index contributed by atoms with van der Waals surface area (Å²) in [6.07, 6.45) is 1.43. The van der Waals surface area contributed by atoms with Crippen molar-refractivity contribution < 1.29 is 14.4 Å². The third-order valence-corrected chi connectivity index (χ3v) is 3.71. The lowest BCUT2D eigenvalue weighted by molar-refractivity contribution is -0.386. The van der Waals surface area contributed by atoms with E-state index in [9.17, 15) is 10.1 Å². The lowest BCUT2D eigenvalue weighted by Crippen LogP contribution is -1.97. The van der Waals surface area contributed by atoms with Crippen LogP contribution in [0.1, 0.15) is 5.56 Å².